The topological polar surface area (TPSA) is 42.8 Å². The summed E-state index contributed by atoms with van der Waals surface area (Å²) in [5.74, 6) is 2.09. The van der Waals surface area contributed by atoms with Crippen molar-refractivity contribution in [3.63, 3.8) is 0 Å². The van der Waals surface area contributed by atoms with Crippen LogP contribution in [0.1, 0.15) is 51.8 Å². The van der Waals surface area contributed by atoms with E-state index in [0.717, 1.165) is 23.2 Å². The van der Waals surface area contributed by atoms with E-state index in [1.165, 1.54) is 27.9 Å². The molecule has 4 nitrogen and oxygen atoms in total. The van der Waals surface area contributed by atoms with Crippen LogP contribution in [0.4, 0.5) is 11.4 Å². The van der Waals surface area contributed by atoms with Gasteiger partial charge >= 0.3 is 0 Å². The predicted octanol–water partition coefficient (Wildman–Crippen LogP) is 9.12. The average Bonchev–Trinajstić information content (AvgIpc) is 3.47. The molecule has 0 amide bonds. The maximum absolute atomic E-state index is 6.60. The van der Waals surface area contributed by atoms with Crippen LogP contribution >= 0.6 is 11.6 Å². The van der Waals surface area contributed by atoms with Crippen molar-refractivity contribution in [2.24, 2.45) is 10.9 Å². The molecule has 0 saturated carbocycles. The van der Waals surface area contributed by atoms with Gasteiger partial charge in [0.05, 0.1) is 23.9 Å². The number of halogens is 1. The second kappa shape index (κ2) is 11.2. The summed E-state index contributed by atoms with van der Waals surface area (Å²) in [6, 6.07) is 27.5. The van der Waals surface area contributed by atoms with Gasteiger partial charge in [-0.3, -0.25) is 4.99 Å². The first-order valence-corrected chi connectivity index (χ1v) is 14.1. The van der Waals surface area contributed by atoms with Crippen molar-refractivity contribution < 1.29 is 9.47 Å². The van der Waals surface area contributed by atoms with Crippen molar-refractivity contribution in [1.82, 2.24) is 0 Å². The first-order valence-electron chi connectivity index (χ1n) is 13.7. The minimum atomic E-state index is 0.267. The van der Waals surface area contributed by atoms with E-state index in [1.807, 2.05) is 18.3 Å². The zero-order valence-electron chi connectivity index (χ0n) is 23.0. The summed E-state index contributed by atoms with van der Waals surface area (Å²) in [7, 11) is 1.62. The number of aryl methyl sites for hydroxylation is 2. The Bertz CT molecular complexity index is 1570. The van der Waals surface area contributed by atoms with E-state index in [2.05, 4.69) is 98.0 Å². The van der Waals surface area contributed by atoms with Crippen LogP contribution in [0.25, 0.3) is 0 Å². The lowest BCUT2D eigenvalue weighted by Gasteiger charge is -2.37. The normalized spacial score (nSPS) is 19.2. The minimum Gasteiger partial charge on any atom is -0.493 e. The molecular formula is C35H33ClN2O2. The summed E-state index contributed by atoms with van der Waals surface area (Å²) in [6.07, 6.45) is 7.61. The molecule has 1 aliphatic carbocycles. The fourth-order valence-corrected chi connectivity index (χ4v) is 6.03. The number of ether oxygens (including phenoxy) is 2. The van der Waals surface area contributed by atoms with E-state index in [-0.39, 0.29) is 6.04 Å². The van der Waals surface area contributed by atoms with Crippen molar-refractivity contribution in [1.29, 1.82) is 0 Å². The second-order valence-corrected chi connectivity index (χ2v) is 11.1. The predicted molar refractivity (Wildman–Crippen MR) is 165 cm³/mol. The molecule has 1 heterocycles. The summed E-state index contributed by atoms with van der Waals surface area (Å²) in [4.78, 5) is 4.71. The van der Waals surface area contributed by atoms with Crippen LogP contribution in [0.3, 0.4) is 0 Å². The van der Waals surface area contributed by atoms with Crippen molar-refractivity contribution in [3.8, 4) is 11.5 Å². The lowest BCUT2D eigenvalue weighted by Crippen LogP contribution is -2.29. The Balaban J connectivity index is 1.16. The number of fused-ring (bicyclic) bond motifs is 3. The van der Waals surface area contributed by atoms with E-state index < -0.39 is 0 Å². The molecule has 4 aromatic carbocycles. The maximum Gasteiger partial charge on any atom is 0.180 e. The van der Waals surface area contributed by atoms with Gasteiger partial charge in [0.25, 0.3) is 0 Å². The number of benzene rings is 4. The number of nitrogens with zero attached hydrogens (tertiary/aromatic N) is 1. The number of aliphatic imine (C=N–C) groups is 1. The Morgan fingerprint density at radius 2 is 1.73 bits per heavy atom. The highest BCUT2D eigenvalue weighted by molar-refractivity contribution is 6.32. The number of hydrogen-bond donors (Lipinski definition) is 1. The highest BCUT2D eigenvalue weighted by Gasteiger charge is 2.37. The summed E-state index contributed by atoms with van der Waals surface area (Å²) < 4.78 is 11.6. The molecule has 2 aliphatic rings. The molecule has 0 fully saturated rings. The van der Waals surface area contributed by atoms with Crippen molar-refractivity contribution in [3.05, 3.63) is 129 Å². The molecule has 4 aromatic rings. The quantitative estimate of drug-likeness (QED) is 0.185. The van der Waals surface area contributed by atoms with E-state index >= 15 is 0 Å². The van der Waals surface area contributed by atoms with Gasteiger partial charge in [0, 0.05) is 17.8 Å². The molecule has 1 aliphatic heterocycles. The number of methoxy groups -OCH3 is 1. The van der Waals surface area contributed by atoms with Gasteiger partial charge < -0.3 is 14.8 Å². The highest BCUT2D eigenvalue weighted by atomic mass is 35.5. The lowest BCUT2D eigenvalue weighted by molar-refractivity contribution is 0.284. The summed E-state index contributed by atoms with van der Waals surface area (Å²) in [5.41, 5.74) is 9.25. The third-order valence-electron chi connectivity index (χ3n) is 7.89. The number of rotatable bonds is 7. The van der Waals surface area contributed by atoms with Crippen molar-refractivity contribution in [2.45, 2.75) is 38.8 Å². The molecular weight excluding hydrogens is 516 g/mol. The number of hydrogen-bond acceptors (Lipinski definition) is 4. The fourth-order valence-electron chi connectivity index (χ4n) is 5.75. The Morgan fingerprint density at radius 3 is 2.50 bits per heavy atom. The van der Waals surface area contributed by atoms with Crippen molar-refractivity contribution >= 4 is 29.2 Å². The molecule has 6 rings (SSSR count). The van der Waals surface area contributed by atoms with Crippen LogP contribution in [-0.2, 0) is 6.61 Å². The molecule has 5 heteroatoms. The van der Waals surface area contributed by atoms with E-state index in [1.54, 1.807) is 7.11 Å². The molecule has 0 spiro atoms. The van der Waals surface area contributed by atoms with Crippen LogP contribution in [0, 0.1) is 19.8 Å². The third-order valence-corrected chi connectivity index (χ3v) is 8.17. The van der Waals surface area contributed by atoms with Gasteiger partial charge in [-0.2, -0.15) is 0 Å². The van der Waals surface area contributed by atoms with E-state index in [0.29, 0.717) is 35.0 Å². The fraction of sp³-hybridized carbons (Fsp3) is 0.229. The minimum absolute atomic E-state index is 0.267. The van der Waals surface area contributed by atoms with Crippen LogP contribution in [-0.4, -0.2) is 13.3 Å². The maximum atomic E-state index is 6.60. The van der Waals surface area contributed by atoms with Gasteiger partial charge in [-0.05, 0) is 78.8 Å². The van der Waals surface area contributed by atoms with Crippen LogP contribution in [0.5, 0.6) is 11.5 Å². The Labute approximate surface area is 241 Å². The van der Waals surface area contributed by atoms with E-state index in [4.69, 9.17) is 26.1 Å². The van der Waals surface area contributed by atoms with Crippen LogP contribution in [0.2, 0.25) is 5.02 Å². The largest absolute Gasteiger partial charge is 0.493 e. The van der Waals surface area contributed by atoms with Gasteiger partial charge in [-0.25, -0.2) is 0 Å². The number of anilines is 1. The van der Waals surface area contributed by atoms with Crippen LogP contribution < -0.4 is 14.8 Å². The molecule has 0 radical (unpaired) electrons. The average molecular weight is 549 g/mol. The van der Waals surface area contributed by atoms with Gasteiger partial charge in [-0.15, -0.1) is 0 Å². The number of allylic oxidation sites excluding steroid dienone is 2. The van der Waals surface area contributed by atoms with E-state index in [9.17, 15) is 0 Å². The molecule has 0 saturated heterocycles. The first-order chi connectivity index (χ1) is 19.5. The molecule has 0 unspecified atom stereocenters. The standard InChI is InChI=1S/C35H33ClN2O2/c1-22-7-10-24(11-8-22)21-40-35-31(36)18-25(19-33(35)39-3)20-37-27-14-12-26(13-15-27)34-29-6-4-5-28(29)30-17-23(2)9-16-32(30)38-34/h4-5,7-20,28-29,34,38H,6,21H2,1-3H3/t28-,29+,34-/m0/s1. The summed E-state index contributed by atoms with van der Waals surface area (Å²) in [5, 5.41) is 4.31. The molecule has 0 bridgehead atoms. The van der Waals surface area contributed by atoms with Gasteiger partial charge in [0.15, 0.2) is 11.5 Å². The molecule has 40 heavy (non-hydrogen) atoms. The smallest absolute Gasteiger partial charge is 0.180 e. The lowest BCUT2D eigenvalue weighted by atomic mass is 9.76. The Morgan fingerprint density at radius 1 is 0.950 bits per heavy atom. The van der Waals surface area contributed by atoms with Gasteiger partial charge in [0.2, 0.25) is 0 Å². The van der Waals surface area contributed by atoms with Gasteiger partial charge in [-0.1, -0.05) is 83.4 Å². The monoisotopic (exact) mass is 548 g/mol. The SMILES string of the molecule is COc1cc(C=Nc2ccc([C@@H]3Nc4ccc(C)cc4[C@H]4C=CC[C@H]43)cc2)cc(Cl)c1OCc1ccc(C)cc1. The summed E-state index contributed by atoms with van der Waals surface area (Å²) in [6.45, 7) is 4.64. The zero-order chi connectivity index (χ0) is 27.6. The zero-order valence-corrected chi connectivity index (χ0v) is 23.8. The van der Waals surface area contributed by atoms with Gasteiger partial charge in [0.1, 0.15) is 6.61 Å². The Kier molecular flexibility index (Phi) is 7.36. The van der Waals surface area contributed by atoms with Crippen LogP contribution in [0.15, 0.2) is 96.0 Å². The molecule has 3 atom stereocenters. The highest BCUT2D eigenvalue weighted by Crippen LogP contribution is 2.50. The Hall–Kier alpha value is -4.02. The van der Waals surface area contributed by atoms with Crippen molar-refractivity contribution in [2.75, 3.05) is 12.4 Å². The summed E-state index contributed by atoms with van der Waals surface area (Å²) >= 11 is 6.60. The molecule has 202 valence electrons. The molecule has 0 aromatic heterocycles. The molecule has 1 N–H and O–H groups in total. The first kappa shape index (κ1) is 26.2. The third kappa shape index (κ3) is 5.37. The second-order valence-electron chi connectivity index (χ2n) is 10.7. The number of nitrogens with one attached hydrogen (secondary N) is 1.